The molecule has 2 rings (SSSR count). The van der Waals surface area contributed by atoms with Crippen LogP contribution in [0.3, 0.4) is 0 Å². The Bertz CT molecular complexity index is 607. The van der Waals surface area contributed by atoms with Gasteiger partial charge in [-0.05, 0) is 19.3 Å². The second-order valence-electron chi connectivity index (χ2n) is 5.98. The van der Waals surface area contributed by atoms with Crippen LogP contribution >= 0.6 is 11.3 Å². The van der Waals surface area contributed by atoms with Gasteiger partial charge in [0.15, 0.2) is 9.84 Å². The van der Waals surface area contributed by atoms with Crippen molar-refractivity contribution in [1.82, 2.24) is 9.88 Å². The molecule has 1 aromatic rings. The average molecular weight is 330 g/mol. The molecule has 1 saturated heterocycles. The van der Waals surface area contributed by atoms with Crippen LogP contribution in [0.2, 0.25) is 0 Å². The molecule has 1 amide bonds. The molecule has 0 saturated carbocycles. The number of hydrogen-bond donors (Lipinski definition) is 0. The van der Waals surface area contributed by atoms with E-state index in [2.05, 4.69) is 18.8 Å². The van der Waals surface area contributed by atoms with E-state index in [4.69, 9.17) is 0 Å². The molecule has 1 aromatic heterocycles. The number of thiazole rings is 1. The zero-order valence-corrected chi connectivity index (χ0v) is 14.3. The lowest BCUT2D eigenvalue weighted by Crippen LogP contribution is -2.33. The highest BCUT2D eigenvalue weighted by Gasteiger charge is 2.29. The molecule has 0 spiro atoms. The highest BCUT2D eigenvalue weighted by Crippen LogP contribution is 2.18. The predicted molar refractivity (Wildman–Crippen MR) is 84.4 cm³/mol. The average Bonchev–Trinajstić information content (AvgIpc) is 2.79. The summed E-state index contributed by atoms with van der Waals surface area (Å²) in [7, 11) is -3.07. The molecule has 1 aliphatic heterocycles. The number of sulfone groups is 1. The smallest absolute Gasteiger partial charge is 0.273 e. The first-order valence-electron chi connectivity index (χ1n) is 7.25. The summed E-state index contributed by atoms with van der Waals surface area (Å²) in [6.45, 7) is 6.69. The van der Waals surface area contributed by atoms with Crippen LogP contribution < -0.4 is 0 Å². The van der Waals surface area contributed by atoms with Crippen molar-refractivity contribution >= 4 is 27.1 Å². The van der Waals surface area contributed by atoms with Gasteiger partial charge in [-0.1, -0.05) is 13.8 Å². The molecule has 1 fully saturated rings. The van der Waals surface area contributed by atoms with Gasteiger partial charge in [-0.2, -0.15) is 0 Å². The molecule has 0 N–H and O–H groups in total. The van der Waals surface area contributed by atoms with E-state index in [0.717, 1.165) is 11.4 Å². The minimum Gasteiger partial charge on any atom is -0.336 e. The highest BCUT2D eigenvalue weighted by molar-refractivity contribution is 7.92. The van der Waals surface area contributed by atoms with E-state index >= 15 is 0 Å². The van der Waals surface area contributed by atoms with Crippen molar-refractivity contribution in [1.29, 1.82) is 0 Å². The zero-order chi connectivity index (χ0) is 15.6. The molecule has 0 aromatic carbocycles. The van der Waals surface area contributed by atoms with E-state index in [9.17, 15) is 13.2 Å². The van der Waals surface area contributed by atoms with Crippen LogP contribution in [0.4, 0.5) is 0 Å². The van der Waals surface area contributed by atoms with E-state index in [0.29, 0.717) is 24.6 Å². The fourth-order valence-corrected chi connectivity index (χ4v) is 4.61. The number of rotatable bonds is 3. The molecule has 0 aliphatic carbocycles. The van der Waals surface area contributed by atoms with Crippen LogP contribution in [-0.4, -0.2) is 48.3 Å². The van der Waals surface area contributed by atoms with Gasteiger partial charge in [0.05, 0.1) is 16.0 Å². The van der Waals surface area contributed by atoms with Crippen LogP contribution in [0.25, 0.3) is 0 Å². The molecule has 1 unspecified atom stereocenters. The Morgan fingerprint density at radius 3 is 2.86 bits per heavy atom. The lowest BCUT2D eigenvalue weighted by atomic mass is 10.1. The topological polar surface area (TPSA) is 67.3 Å². The van der Waals surface area contributed by atoms with Gasteiger partial charge in [-0.25, -0.2) is 13.4 Å². The summed E-state index contributed by atoms with van der Waals surface area (Å²) in [6, 6.07) is 0. The van der Waals surface area contributed by atoms with E-state index in [1.54, 1.807) is 17.2 Å². The van der Waals surface area contributed by atoms with Crippen molar-refractivity contribution < 1.29 is 13.2 Å². The Balaban J connectivity index is 2.08. The molecule has 118 valence electrons. The number of aromatic nitrogens is 1. The highest BCUT2D eigenvalue weighted by atomic mass is 32.2. The first-order chi connectivity index (χ1) is 9.79. The molecule has 5 nitrogen and oxygen atoms in total. The van der Waals surface area contributed by atoms with Crippen LogP contribution in [-0.2, 0) is 16.3 Å². The maximum absolute atomic E-state index is 12.4. The summed E-state index contributed by atoms with van der Waals surface area (Å²) in [5, 5.41) is 2.37. The fraction of sp³-hybridized carbons (Fsp3) is 0.714. The van der Waals surface area contributed by atoms with Crippen LogP contribution in [0.5, 0.6) is 0 Å². The third-order valence-electron chi connectivity index (χ3n) is 3.71. The molecular weight excluding hydrogens is 308 g/mol. The van der Waals surface area contributed by atoms with E-state index in [-0.39, 0.29) is 23.5 Å². The van der Waals surface area contributed by atoms with Gasteiger partial charge in [-0.15, -0.1) is 11.3 Å². The summed E-state index contributed by atoms with van der Waals surface area (Å²) in [5.41, 5.74) is 0.447. The maximum Gasteiger partial charge on any atom is 0.273 e. The molecule has 2 heterocycles. The second kappa shape index (κ2) is 6.44. The van der Waals surface area contributed by atoms with Crippen LogP contribution in [0.1, 0.15) is 42.7 Å². The fourth-order valence-electron chi connectivity index (χ4n) is 2.28. The lowest BCUT2D eigenvalue weighted by molar-refractivity contribution is 0.0761. The third kappa shape index (κ3) is 4.03. The molecule has 0 radical (unpaired) electrons. The largest absolute Gasteiger partial charge is 0.336 e. The predicted octanol–water partition coefficient (Wildman–Crippen LogP) is 1.99. The lowest BCUT2D eigenvalue weighted by Gasteiger charge is -2.18. The maximum atomic E-state index is 12.4. The molecule has 7 heteroatoms. The van der Waals surface area contributed by atoms with Gasteiger partial charge in [0, 0.05) is 24.9 Å². The van der Waals surface area contributed by atoms with Gasteiger partial charge in [-0.3, -0.25) is 4.79 Å². The minimum atomic E-state index is -3.07. The number of carbonyl (C=O) groups is 1. The number of hydrogen-bond acceptors (Lipinski definition) is 5. The van der Waals surface area contributed by atoms with E-state index in [1.807, 2.05) is 0 Å². The summed E-state index contributed by atoms with van der Waals surface area (Å²) in [4.78, 5) is 18.5. The SMILES string of the molecule is CC(C)Cc1nc(C(=O)N2CCC(C)S(=O)(=O)CC2)cs1. The van der Waals surface area contributed by atoms with Crippen molar-refractivity contribution in [3.05, 3.63) is 16.1 Å². The summed E-state index contributed by atoms with van der Waals surface area (Å²) in [6.07, 6.45) is 1.36. The van der Waals surface area contributed by atoms with Gasteiger partial charge < -0.3 is 4.90 Å². The Labute approximate surface area is 130 Å². The van der Waals surface area contributed by atoms with Crippen LogP contribution in [0, 0.1) is 5.92 Å². The van der Waals surface area contributed by atoms with Gasteiger partial charge in [0.25, 0.3) is 5.91 Å². The molecule has 1 atom stereocenters. The summed E-state index contributed by atoms with van der Waals surface area (Å²) < 4.78 is 23.8. The second-order valence-corrected chi connectivity index (χ2v) is 9.46. The Morgan fingerprint density at radius 1 is 1.48 bits per heavy atom. The van der Waals surface area contributed by atoms with Gasteiger partial charge in [0.2, 0.25) is 0 Å². The first-order valence-corrected chi connectivity index (χ1v) is 9.84. The number of nitrogens with zero attached hydrogens (tertiary/aromatic N) is 2. The van der Waals surface area contributed by atoms with Gasteiger partial charge >= 0.3 is 0 Å². The van der Waals surface area contributed by atoms with Gasteiger partial charge in [0.1, 0.15) is 5.69 Å². The summed E-state index contributed by atoms with van der Waals surface area (Å²) >= 11 is 1.50. The van der Waals surface area contributed by atoms with Crippen molar-refractivity contribution in [3.8, 4) is 0 Å². The van der Waals surface area contributed by atoms with Crippen molar-refractivity contribution in [2.75, 3.05) is 18.8 Å². The molecule has 0 bridgehead atoms. The van der Waals surface area contributed by atoms with Crippen LogP contribution in [0.15, 0.2) is 5.38 Å². The molecule has 1 aliphatic rings. The number of carbonyl (C=O) groups excluding carboxylic acids is 1. The van der Waals surface area contributed by atoms with E-state index in [1.165, 1.54) is 11.3 Å². The summed E-state index contributed by atoms with van der Waals surface area (Å²) in [5.74, 6) is 0.400. The van der Waals surface area contributed by atoms with E-state index < -0.39 is 9.84 Å². The Kier molecular flexibility index (Phi) is 5.03. The normalized spacial score (nSPS) is 22.3. The van der Waals surface area contributed by atoms with Crippen molar-refractivity contribution in [3.63, 3.8) is 0 Å². The molecule has 21 heavy (non-hydrogen) atoms. The standard InChI is InChI=1S/C14H22N2O3S2/c1-10(2)8-13-15-12(9-20-13)14(17)16-5-4-11(3)21(18,19)7-6-16/h9-11H,4-8H2,1-3H3. The quantitative estimate of drug-likeness (QED) is 0.850. The monoisotopic (exact) mass is 330 g/mol. The minimum absolute atomic E-state index is 0.0445. The van der Waals surface area contributed by atoms with Crippen molar-refractivity contribution in [2.24, 2.45) is 5.92 Å². The number of amides is 1. The Morgan fingerprint density at radius 2 is 2.19 bits per heavy atom. The first kappa shape index (κ1) is 16.4. The Hall–Kier alpha value is -0.950. The van der Waals surface area contributed by atoms with Crippen molar-refractivity contribution in [2.45, 2.75) is 38.9 Å². The zero-order valence-electron chi connectivity index (χ0n) is 12.7. The molecular formula is C14H22N2O3S2. The third-order valence-corrected chi connectivity index (χ3v) is 6.79.